The fourth-order valence-corrected chi connectivity index (χ4v) is 2.07. The topological polar surface area (TPSA) is 71.4 Å². The Morgan fingerprint density at radius 2 is 2.28 bits per heavy atom. The van der Waals surface area contributed by atoms with E-state index in [-0.39, 0.29) is 6.04 Å². The number of aromatic nitrogens is 5. The lowest BCUT2D eigenvalue weighted by Gasteiger charge is -2.13. The monoisotopic (exact) mass is 248 g/mol. The summed E-state index contributed by atoms with van der Waals surface area (Å²) in [4.78, 5) is 0. The molecule has 2 N–H and O–H groups in total. The standard InChI is InChI=1S/C12H20N6/c1-4-9-6-10(18(5-2)16-9)7-11(13-3)12-8-14-17-15-12/h6,8,11,13H,4-5,7H2,1-3H3,(H,14,15,17). The number of aryl methyl sites for hydroxylation is 2. The van der Waals surface area contributed by atoms with Gasteiger partial charge in [0.15, 0.2) is 0 Å². The van der Waals surface area contributed by atoms with Crippen molar-refractivity contribution in [2.75, 3.05) is 7.05 Å². The number of nitrogens with one attached hydrogen (secondary N) is 2. The Kier molecular flexibility index (Phi) is 4.09. The second kappa shape index (κ2) is 5.77. The predicted octanol–water partition coefficient (Wildman–Crippen LogP) is 1.09. The van der Waals surface area contributed by atoms with Crippen LogP contribution in [0.15, 0.2) is 12.3 Å². The Labute approximate surface area is 107 Å². The molecular weight excluding hydrogens is 228 g/mol. The van der Waals surface area contributed by atoms with Crippen LogP contribution in [0.25, 0.3) is 0 Å². The van der Waals surface area contributed by atoms with Gasteiger partial charge in [-0.15, -0.1) is 0 Å². The molecule has 6 nitrogen and oxygen atoms in total. The van der Waals surface area contributed by atoms with Gasteiger partial charge in [-0.05, 0) is 26.5 Å². The van der Waals surface area contributed by atoms with E-state index in [2.05, 4.69) is 50.4 Å². The van der Waals surface area contributed by atoms with Gasteiger partial charge in [0.05, 0.1) is 23.6 Å². The summed E-state index contributed by atoms with van der Waals surface area (Å²) < 4.78 is 2.06. The van der Waals surface area contributed by atoms with Gasteiger partial charge in [-0.3, -0.25) is 4.68 Å². The first-order valence-corrected chi connectivity index (χ1v) is 6.37. The van der Waals surface area contributed by atoms with Crippen molar-refractivity contribution in [1.82, 2.24) is 30.5 Å². The Morgan fingerprint density at radius 1 is 1.44 bits per heavy atom. The highest BCUT2D eigenvalue weighted by Gasteiger charge is 2.16. The molecule has 1 unspecified atom stereocenters. The minimum atomic E-state index is 0.162. The van der Waals surface area contributed by atoms with Crippen LogP contribution in [0, 0.1) is 0 Å². The minimum absolute atomic E-state index is 0.162. The minimum Gasteiger partial charge on any atom is -0.311 e. The van der Waals surface area contributed by atoms with Crippen LogP contribution in [-0.2, 0) is 19.4 Å². The van der Waals surface area contributed by atoms with Crippen LogP contribution in [-0.4, -0.2) is 32.2 Å². The molecule has 0 saturated heterocycles. The van der Waals surface area contributed by atoms with E-state index in [1.807, 2.05) is 7.05 Å². The molecule has 2 rings (SSSR count). The number of aromatic amines is 1. The molecule has 2 aromatic rings. The first-order chi connectivity index (χ1) is 8.78. The van der Waals surface area contributed by atoms with Crippen LogP contribution < -0.4 is 5.32 Å². The summed E-state index contributed by atoms with van der Waals surface area (Å²) >= 11 is 0. The third-order valence-electron chi connectivity index (χ3n) is 3.13. The molecule has 2 heterocycles. The van der Waals surface area contributed by atoms with Gasteiger partial charge < -0.3 is 5.32 Å². The van der Waals surface area contributed by atoms with Crippen LogP contribution in [0.4, 0.5) is 0 Å². The number of nitrogens with zero attached hydrogens (tertiary/aromatic N) is 4. The largest absolute Gasteiger partial charge is 0.311 e. The van der Waals surface area contributed by atoms with Crippen molar-refractivity contribution in [3.8, 4) is 0 Å². The molecule has 18 heavy (non-hydrogen) atoms. The van der Waals surface area contributed by atoms with Gasteiger partial charge in [-0.2, -0.15) is 20.5 Å². The number of likely N-dealkylation sites (N-methyl/N-ethyl adjacent to an activating group) is 1. The molecule has 0 amide bonds. The zero-order valence-electron chi connectivity index (χ0n) is 11.1. The van der Waals surface area contributed by atoms with E-state index in [0.717, 1.165) is 30.8 Å². The zero-order valence-corrected chi connectivity index (χ0v) is 11.1. The third kappa shape index (κ3) is 2.59. The lowest BCUT2D eigenvalue weighted by atomic mass is 10.1. The lowest BCUT2D eigenvalue weighted by molar-refractivity contribution is 0.530. The lowest BCUT2D eigenvalue weighted by Crippen LogP contribution is -2.21. The maximum Gasteiger partial charge on any atom is 0.0997 e. The highest BCUT2D eigenvalue weighted by molar-refractivity contribution is 5.14. The van der Waals surface area contributed by atoms with E-state index in [4.69, 9.17) is 0 Å². The van der Waals surface area contributed by atoms with Crippen LogP contribution >= 0.6 is 0 Å². The molecule has 98 valence electrons. The molecule has 0 aliphatic carbocycles. The van der Waals surface area contributed by atoms with Crippen molar-refractivity contribution in [2.24, 2.45) is 0 Å². The van der Waals surface area contributed by atoms with Gasteiger partial charge in [0, 0.05) is 18.7 Å². The van der Waals surface area contributed by atoms with Crippen LogP contribution in [0.5, 0.6) is 0 Å². The van der Waals surface area contributed by atoms with E-state index in [9.17, 15) is 0 Å². The van der Waals surface area contributed by atoms with Gasteiger partial charge in [-0.1, -0.05) is 6.92 Å². The normalized spacial score (nSPS) is 12.8. The first-order valence-electron chi connectivity index (χ1n) is 6.37. The third-order valence-corrected chi connectivity index (χ3v) is 3.13. The highest BCUT2D eigenvalue weighted by Crippen LogP contribution is 2.16. The zero-order chi connectivity index (χ0) is 13.0. The Bertz CT molecular complexity index is 473. The smallest absolute Gasteiger partial charge is 0.0997 e. The maximum atomic E-state index is 4.56. The molecule has 1 atom stereocenters. The van der Waals surface area contributed by atoms with Crippen molar-refractivity contribution in [3.05, 3.63) is 29.3 Å². The van der Waals surface area contributed by atoms with Crippen LogP contribution in [0.1, 0.15) is 37.0 Å². The van der Waals surface area contributed by atoms with Crippen molar-refractivity contribution < 1.29 is 0 Å². The molecular formula is C12H20N6. The average Bonchev–Trinajstić information content (AvgIpc) is 3.04. The first kappa shape index (κ1) is 12.8. The quantitative estimate of drug-likeness (QED) is 0.802. The van der Waals surface area contributed by atoms with Gasteiger partial charge >= 0.3 is 0 Å². The number of hydrogen-bond donors (Lipinski definition) is 2. The fraction of sp³-hybridized carbons (Fsp3) is 0.583. The molecule has 0 saturated carbocycles. The summed E-state index contributed by atoms with van der Waals surface area (Å²) in [5.74, 6) is 0. The average molecular weight is 248 g/mol. The van der Waals surface area contributed by atoms with E-state index in [1.54, 1.807) is 6.20 Å². The number of hydrogen-bond acceptors (Lipinski definition) is 4. The second-order valence-electron chi connectivity index (χ2n) is 4.24. The molecule has 2 aromatic heterocycles. The SMILES string of the molecule is CCc1cc(CC(NC)c2cn[nH]n2)n(CC)n1. The van der Waals surface area contributed by atoms with Gasteiger partial charge in [0.1, 0.15) is 0 Å². The van der Waals surface area contributed by atoms with Gasteiger partial charge in [-0.25, -0.2) is 0 Å². The summed E-state index contributed by atoms with van der Waals surface area (Å²) in [6.07, 6.45) is 3.59. The molecule has 0 aliphatic heterocycles. The number of H-pyrrole nitrogens is 1. The van der Waals surface area contributed by atoms with Crippen molar-refractivity contribution in [1.29, 1.82) is 0 Å². The Morgan fingerprint density at radius 3 is 2.83 bits per heavy atom. The molecule has 0 aromatic carbocycles. The Hall–Kier alpha value is -1.69. The van der Waals surface area contributed by atoms with Crippen molar-refractivity contribution >= 4 is 0 Å². The highest BCUT2D eigenvalue weighted by atomic mass is 15.3. The van der Waals surface area contributed by atoms with E-state index in [0.29, 0.717) is 0 Å². The van der Waals surface area contributed by atoms with Crippen molar-refractivity contribution in [3.63, 3.8) is 0 Å². The molecule has 0 fully saturated rings. The number of rotatable bonds is 6. The molecule has 0 bridgehead atoms. The predicted molar refractivity (Wildman–Crippen MR) is 69.2 cm³/mol. The van der Waals surface area contributed by atoms with E-state index < -0.39 is 0 Å². The van der Waals surface area contributed by atoms with E-state index in [1.165, 1.54) is 5.69 Å². The molecule has 6 heteroatoms. The van der Waals surface area contributed by atoms with Gasteiger partial charge in [0.2, 0.25) is 0 Å². The fourth-order valence-electron chi connectivity index (χ4n) is 2.07. The maximum absolute atomic E-state index is 4.56. The summed E-state index contributed by atoms with van der Waals surface area (Å²) in [5, 5.41) is 18.5. The summed E-state index contributed by atoms with van der Waals surface area (Å²) in [6.45, 7) is 5.13. The van der Waals surface area contributed by atoms with Gasteiger partial charge in [0.25, 0.3) is 0 Å². The summed E-state index contributed by atoms with van der Waals surface area (Å²) in [5.41, 5.74) is 3.30. The summed E-state index contributed by atoms with van der Waals surface area (Å²) in [7, 11) is 1.94. The Balaban J connectivity index is 2.19. The second-order valence-corrected chi connectivity index (χ2v) is 4.24. The van der Waals surface area contributed by atoms with E-state index >= 15 is 0 Å². The molecule has 0 spiro atoms. The summed E-state index contributed by atoms with van der Waals surface area (Å²) in [6, 6.07) is 2.34. The van der Waals surface area contributed by atoms with Crippen LogP contribution in [0.2, 0.25) is 0 Å². The van der Waals surface area contributed by atoms with Crippen molar-refractivity contribution in [2.45, 2.75) is 39.3 Å². The molecule has 0 aliphatic rings. The molecule has 0 radical (unpaired) electrons. The van der Waals surface area contributed by atoms with Crippen LogP contribution in [0.3, 0.4) is 0 Å².